The van der Waals surface area contributed by atoms with Gasteiger partial charge in [0.2, 0.25) is 0 Å². The fourth-order valence-electron chi connectivity index (χ4n) is 2.91. The number of nitrogens with zero attached hydrogens (tertiary/aromatic N) is 1. The van der Waals surface area contributed by atoms with E-state index in [0.717, 1.165) is 13.1 Å². The van der Waals surface area contributed by atoms with Gasteiger partial charge in [0, 0.05) is 25.2 Å². The Balaban J connectivity index is 1.75. The van der Waals surface area contributed by atoms with Crippen LogP contribution in [0.2, 0.25) is 0 Å². The van der Waals surface area contributed by atoms with Gasteiger partial charge in [0.25, 0.3) is 0 Å². The van der Waals surface area contributed by atoms with Crippen molar-refractivity contribution in [1.29, 1.82) is 0 Å². The third kappa shape index (κ3) is 2.60. The SMILES string of the molecule is CC(C)(C)OC(=O)N1CC(NC2C(C)(C)C2(C)C)C1. The van der Waals surface area contributed by atoms with Gasteiger partial charge in [-0.3, -0.25) is 0 Å². The number of likely N-dealkylation sites (tertiary alicyclic amines) is 1. The maximum atomic E-state index is 11.8. The van der Waals surface area contributed by atoms with Crippen molar-refractivity contribution in [3.63, 3.8) is 0 Å². The Labute approximate surface area is 116 Å². The molecule has 1 amide bonds. The number of hydrogen-bond acceptors (Lipinski definition) is 3. The summed E-state index contributed by atoms with van der Waals surface area (Å²) in [7, 11) is 0. The highest BCUT2D eigenvalue weighted by Gasteiger charge is 2.65. The number of amides is 1. The second kappa shape index (κ2) is 4.11. The van der Waals surface area contributed by atoms with Gasteiger partial charge < -0.3 is 15.0 Å². The van der Waals surface area contributed by atoms with E-state index in [1.165, 1.54) is 0 Å². The molecule has 4 heteroatoms. The summed E-state index contributed by atoms with van der Waals surface area (Å²) >= 11 is 0. The highest BCUT2D eigenvalue weighted by atomic mass is 16.6. The van der Waals surface area contributed by atoms with Crippen molar-refractivity contribution in [2.45, 2.75) is 66.2 Å². The lowest BCUT2D eigenvalue weighted by atomic mass is 10.0. The fourth-order valence-corrected chi connectivity index (χ4v) is 2.91. The first-order valence-electron chi connectivity index (χ1n) is 7.19. The predicted molar refractivity (Wildman–Crippen MR) is 76.1 cm³/mol. The van der Waals surface area contributed by atoms with E-state index in [2.05, 4.69) is 33.0 Å². The summed E-state index contributed by atoms with van der Waals surface area (Å²) in [4.78, 5) is 13.6. The smallest absolute Gasteiger partial charge is 0.410 e. The molecule has 0 atom stereocenters. The number of nitrogens with one attached hydrogen (secondary N) is 1. The van der Waals surface area contributed by atoms with Gasteiger partial charge in [-0.2, -0.15) is 0 Å². The molecule has 4 nitrogen and oxygen atoms in total. The molecule has 110 valence electrons. The monoisotopic (exact) mass is 268 g/mol. The van der Waals surface area contributed by atoms with E-state index < -0.39 is 5.60 Å². The lowest BCUT2D eigenvalue weighted by Crippen LogP contribution is -2.61. The molecule has 0 bridgehead atoms. The van der Waals surface area contributed by atoms with Crippen LogP contribution in [0.25, 0.3) is 0 Å². The molecule has 1 saturated carbocycles. The Bertz CT molecular complexity index is 362. The van der Waals surface area contributed by atoms with Gasteiger partial charge in [-0.05, 0) is 31.6 Å². The zero-order chi connectivity index (χ0) is 14.6. The Kier molecular flexibility index (Phi) is 3.17. The number of carbonyl (C=O) groups excluding carboxylic acids is 1. The molecule has 1 saturated heterocycles. The minimum absolute atomic E-state index is 0.195. The lowest BCUT2D eigenvalue weighted by molar-refractivity contribution is 0.00473. The third-order valence-corrected chi connectivity index (χ3v) is 4.96. The molecule has 1 aliphatic carbocycles. The van der Waals surface area contributed by atoms with Crippen molar-refractivity contribution in [2.75, 3.05) is 13.1 Å². The number of rotatable bonds is 2. The maximum Gasteiger partial charge on any atom is 0.410 e. The van der Waals surface area contributed by atoms with Crippen molar-refractivity contribution in [3.8, 4) is 0 Å². The molecule has 0 spiro atoms. The van der Waals surface area contributed by atoms with E-state index in [9.17, 15) is 4.79 Å². The molecule has 0 radical (unpaired) electrons. The Morgan fingerprint density at radius 3 is 2.00 bits per heavy atom. The summed E-state index contributed by atoms with van der Waals surface area (Å²) in [6.45, 7) is 16.4. The first-order valence-corrected chi connectivity index (χ1v) is 7.19. The Morgan fingerprint density at radius 2 is 1.63 bits per heavy atom. The Hall–Kier alpha value is -0.770. The number of ether oxygens (including phenoxy) is 1. The number of hydrogen-bond donors (Lipinski definition) is 1. The van der Waals surface area contributed by atoms with Gasteiger partial charge in [0.05, 0.1) is 0 Å². The highest BCUT2D eigenvalue weighted by Crippen LogP contribution is 2.62. The molecule has 1 N–H and O–H groups in total. The first kappa shape index (κ1) is 14.6. The standard InChI is InChI=1S/C15H28N2O2/c1-13(2,3)19-12(18)17-8-10(9-17)16-11-14(4,5)15(11,6)7/h10-11,16H,8-9H2,1-7H3. The number of carbonyl (C=O) groups is 1. The molecule has 2 aliphatic rings. The van der Waals surface area contributed by atoms with Gasteiger partial charge in [-0.25, -0.2) is 4.79 Å². The molecular weight excluding hydrogens is 240 g/mol. The second-order valence-electron chi connectivity index (χ2n) is 8.13. The second-order valence-corrected chi connectivity index (χ2v) is 8.13. The summed E-state index contributed by atoms with van der Waals surface area (Å²) in [5, 5.41) is 3.67. The molecule has 1 heterocycles. The molecule has 0 aromatic heterocycles. The van der Waals surface area contributed by atoms with Crippen LogP contribution in [0.5, 0.6) is 0 Å². The summed E-state index contributed by atoms with van der Waals surface area (Å²) in [5.41, 5.74) is 0.286. The van der Waals surface area contributed by atoms with Crippen LogP contribution < -0.4 is 5.32 Å². The van der Waals surface area contributed by atoms with Gasteiger partial charge >= 0.3 is 6.09 Å². The highest BCUT2D eigenvalue weighted by molar-refractivity contribution is 5.69. The van der Waals surface area contributed by atoms with Gasteiger partial charge in [-0.1, -0.05) is 27.7 Å². The summed E-state index contributed by atoms with van der Waals surface area (Å²) < 4.78 is 5.35. The van der Waals surface area contributed by atoms with Crippen LogP contribution in [0, 0.1) is 10.8 Å². The fraction of sp³-hybridized carbons (Fsp3) is 0.933. The van der Waals surface area contributed by atoms with Crippen LogP contribution in [0.15, 0.2) is 0 Å². The molecule has 2 fully saturated rings. The lowest BCUT2D eigenvalue weighted by Gasteiger charge is -2.40. The van der Waals surface area contributed by atoms with Crippen LogP contribution >= 0.6 is 0 Å². The van der Waals surface area contributed by atoms with Crippen LogP contribution in [0.3, 0.4) is 0 Å². The minimum Gasteiger partial charge on any atom is -0.444 e. The van der Waals surface area contributed by atoms with Crippen molar-refractivity contribution in [3.05, 3.63) is 0 Å². The van der Waals surface area contributed by atoms with E-state index in [1.807, 2.05) is 20.8 Å². The third-order valence-electron chi connectivity index (χ3n) is 4.96. The summed E-state index contributed by atoms with van der Waals surface area (Å²) in [5.74, 6) is 0. The summed E-state index contributed by atoms with van der Waals surface area (Å²) in [6.07, 6.45) is -0.195. The van der Waals surface area contributed by atoms with Gasteiger partial charge in [-0.15, -0.1) is 0 Å². The largest absolute Gasteiger partial charge is 0.444 e. The normalized spacial score (nSPS) is 25.9. The zero-order valence-electron chi connectivity index (χ0n) is 13.3. The van der Waals surface area contributed by atoms with Crippen LogP contribution in [-0.4, -0.2) is 41.8 Å². The molecular formula is C15H28N2O2. The van der Waals surface area contributed by atoms with Crippen molar-refractivity contribution in [2.24, 2.45) is 10.8 Å². The van der Waals surface area contributed by atoms with E-state index in [-0.39, 0.29) is 6.09 Å². The predicted octanol–water partition coefficient (Wildman–Crippen LogP) is 2.63. The molecule has 0 aromatic rings. The molecule has 2 rings (SSSR count). The molecule has 0 aromatic carbocycles. The van der Waals surface area contributed by atoms with E-state index in [4.69, 9.17) is 4.74 Å². The van der Waals surface area contributed by atoms with Crippen molar-refractivity contribution >= 4 is 6.09 Å². The minimum atomic E-state index is -0.407. The maximum absolute atomic E-state index is 11.8. The quantitative estimate of drug-likeness (QED) is 0.837. The van der Waals surface area contributed by atoms with E-state index in [0.29, 0.717) is 22.9 Å². The molecule has 19 heavy (non-hydrogen) atoms. The van der Waals surface area contributed by atoms with Crippen molar-refractivity contribution in [1.82, 2.24) is 10.2 Å². The summed E-state index contributed by atoms with van der Waals surface area (Å²) in [6, 6.07) is 0.962. The first-order chi connectivity index (χ1) is 8.45. The van der Waals surface area contributed by atoms with Crippen LogP contribution in [0.4, 0.5) is 4.79 Å². The van der Waals surface area contributed by atoms with Crippen molar-refractivity contribution < 1.29 is 9.53 Å². The van der Waals surface area contributed by atoms with Crippen LogP contribution in [0.1, 0.15) is 48.5 Å². The van der Waals surface area contributed by atoms with Gasteiger partial charge in [0.1, 0.15) is 5.60 Å². The van der Waals surface area contributed by atoms with E-state index >= 15 is 0 Å². The molecule has 1 aliphatic heterocycles. The van der Waals surface area contributed by atoms with E-state index in [1.54, 1.807) is 4.90 Å². The Morgan fingerprint density at radius 1 is 1.16 bits per heavy atom. The average molecular weight is 268 g/mol. The average Bonchev–Trinajstić information content (AvgIpc) is 2.47. The molecule has 0 unspecified atom stereocenters. The van der Waals surface area contributed by atoms with Gasteiger partial charge in [0.15, 0.2) is 0 Å². The zero-order valence-corrected chi connectivity index (χ0v) is 13.3. The van der Waals surface area contributed by atoms with Crippen LogP contribution in [-0.2, 0) is 4.74 Å². The topological polar surface area (TPSA) is 41.6 Å².